The number of nitrogens with one attached hydrogen (secondary N) is 2. The summed E-state index contributed by atoms with van der Waals surface area (Å²) in [6.07, 6.45) is 0. The zero-order chi connectivity index (χ0) is 20.5. The molecule has 3 rings (SSSR count). The van der Waals surface area contributed by atoms with Crippen molar-refractivity contribution in [3.8, 4) is 0 Å². The van der Waals surface area contributed by atoms with Crippen LogP contribution in [0.5, 0.6) is 0 Å². The molecule has 0 amide bonds. The Kier molecular flexibility index (Phi) is 5.37. The highest BCUT2D eigenvalue weighted by atomic mass is 32.2. The van der Waals surface area contributed by atoms with E-state index in [4.69, 9.17) is 0 Å². The van der Waals surface area contributed by atoms with E-state index in [2.05, 4.69) is 37.5 Å². The normalized spacial score (nSPS) is 12.2. The van der Waals surface area contributed by atoms with Gasteiger partial charge in [0.15, 0.2) is 0 Å². The van der Waals surface area contributed by atoms with E-state index >= 15 is 0 Å². The topological polar surface area (TPSA) is 78.4 Å². The van der Waals surface area contributed by atoms with Crippen LogP contribution in [0.1, 0.15) is 31.9 Å². The van der Waals surface area contributed by atoms with Crippen molar-refractivity contribution in [1.82, 2.24) is 0 Å². The van der Waals surface area contributed by atoms with Crippen LogP contribution in [0.15, 0.2) is 59.5 Å². The summed E-state index contributed by atoms with van der Waals surface area (Å²) in [6, 6.07) is 17.0. The molecule has 0 heterocycles. The first-order valence-corrected chi connectivity index (χ1v) is 10.6. The van der Waals surface area contributed by atoms with E-state index in [-0.39, 0.29) is 10.4 Å². The first kappa shape index (κ1) is 20.2. The second-order valence-corrected chi connectivity index (χ2v) is 9.46. The molecule has 6 heteroatoms. The second kappa shape index (κ2) is 7.45. The molecule has 0 fully saturated rings. The third-order valence-corrected chi connectivity index (χ3v) is 5.17. The number of benzene rings is 3. The van der Waals surface area contributed by atoms with Gasteiger partial charge in [-0.1, -0.05) is 30.3 Å². The van der Waals surface area contributed by atoms with Crippen LogP contribution >= 0.6 is 0 Å². The number of fused-ring (bicyclic) bond motifs is 1. The second-order valence-electron chi connectivity index (χ2n) is 8.07. The lowest BCUT2D eigenvalue weighted by Crippen LogP contribution is -2.26. The van der Waals surface area contributed by atoms with Gasteiger partial charge >= 0.3 is 0 Å². The number of anilines is 2. The van der Waals surface area contributed by atoms with Gasteiger partial charge in [0.2, 0.25) is 0 Å². The first-order valence-electron chi connectivity index (χ1n) is 9.15. The molecule has 0 atom stereocenters. The third kappa shape index (κ3) is 4.82. The van der Waals surface area contributed by atoms with E-state index in [1.807, 2.05) is 49.4 Å². The molecular weight excluding hydrogens is 372 g/mol. The van der Waals surface area contributed by atoms with Crippen molar-refractivity contribution < 1.29 is 13.0 Å². The highest BCUT2D eigenvalue weighted by Gasteiger charge is 2.17. The maximum absolute atomic E-state index is 11.9. The molecular formula is C22H26N2O3S. The molecule has 3 N–H and O–H groups in total. The largest absolute Gasteiger partial charge is 0.380 e. The van der Waals surface area contributed by atoms with Crippen LogP contribution in [0.4, 0.5) is 11.4 Å². The number of hydrogen-bond donors (Lipinski definition) is 3. The average Bonchev–Trinajstić information content (AvgIpc) is 2.57. The maximum Gasteiger partial charge on any atom is 0.295 e. The smallest absolute Gasteiger partial charge is 0.295 e. The molecule has 148 valence electrons. The Bertz CT molecular complexity index is 1120. The molecule has 0 aliphatic heterocycles. The Morgan fingerprint density at radius 1 is 1.00 bits per heavy atom. The average molecular weight is 399 g/mol. The monoisotopic (exact) mass is 398 g/mol. The van der Waals surface area contributed by atoms with Gasteiger partial charge in [0, 0.05) is 28.8 Å². The molecule has 0 saturated heterocycles. The predicted octanol–water partition coefficient (Wildman–Crippen LogP) is 5.22. The summed E-state index contributed by atoms with van der Waals surface area (Å²) in [5.74, 6) is 0. The number of aryl methyl sites for hydroxylation is 1. The lowest BCUT2D eigenvalue weighted by atomic mass is 10.1. The van der Waals surface area contributed by atoms with Gasteiger partial charge in [-0.25, -0.2) is 0 Å². The first-order chi connectivity index (χ1) is 13.0. The summed E-state index contributed by atoms with van der Waals surface area (Å²) in [6.45, 7) is 8.64. The van der Waals surface area contributed by atoms with Crippen molar-refractivity contribution in [2.24, 2.45) is 0 Å². The summed E-state index contributed by atoms with van der Waals surface area (Å²) < 4.78 is 33.5. The maximum atomic E-state index is 11.9. The Hall–Kier alpha value is -2.57. The van der Waals surface area contributed by atoms with Crippen LogP contribution in [0, 0.1) is 6.92 Å². The zero-order valence-corrected chi connectivity index (χ0v) is 17.4. The van der Waals surface area contributed by atoms with Crippen LogP contribution < -0.4 is 10.6 Å². The van der Waals surface area contributed by atoms with E-state index in [9.17, 15) is 13.0 Å². The lowest BCUT2D eigenvalue weighted by Gasteiger charge is -2.22. The Balaban J connectivity index is 1.95. The molecule has 0 aliphatic carbocycles. The highest BCUT2D eigenvalue weighted by Crippen LogP contribution is 2.32. The van der Waals surface area contributed by atoms with Crippen LogP contribution in [0.3, 0.4) is 0 Å². The Labute approximate surface area is 166 Å². The molecule has 0 aliphatic rings. The summed E-state index contributed by atoms with van der Waals surface area (Å²) in [7, 11) is -4.33. The molecule has 5 nitrogen and oxygen atoms in total. The number of rotatable bonds is 5. The van der Waals surface area contributed by atoms with Crippen molar-refractivity contribution in [3.63, 3.8) is 0 Å². The summed E-state index contributed by atoms with van der Waals surface area (Å²) in [5.41, 5.74) is 3.49. The van der Waals surface area contributed by atoms with Crippen molar-refractivity contribution in [2.45, 2.75) is 44.7 Å². The standard InChI is InChI=1S/C22H26N2O3S/c1-15-11-17-8-6-10-19(21(17)20(12-15)28(25,26)27)23-14-16-7-5-9-18(13-16)24-22(2,3)4/h5-13,23-24H,14H2,1-4H3,(H,25,26,27). The van der Waals surface area contributed by atoms with Crippen LogP contribution in [-0.2, 0) is 16.7 Å². The molecule has 0 aromatic heterocycles. The fourth-order valence-corrected chi connectivity index (χ4v) is 4.09. The molecule has 3 aromatic rings. The van der Waals surface area contributed by atoms with Gasteiger partial charge in [0.1, 0.15) is 4.90 Å². The van der Waals surface area contributed by atoms with Crippen LogP contribution in [0.25, 0.3) is 10.8 Å². The van der Waals surface area contributed by atoms with E-state index in [1.54, 1.807) is 0 Å². The summed E-state index contributed by atoms with van der Waals surface area (Å²) in [4.78, 5) is -0.0752. The van der Waals surface area contributed by atoms with Gasteiger partial charge in [-0.3, -0.25) is 4.55 Å². The third-order valence-electron chi connectivity index (χ3n) is 4.29. The van der Waals surface area contributed by atoms with Gasteiger partial charge in [-0.2, -0.15) is 8.42 Å². The van der Waals surface area contributed by atoms with E-state index in [0.717, 1.165) is 22.2 Å². The Morgan fingerprint density at radius 2 is 1.71 bits per heavy atom. The van der Waals surface area contributed by atoms with E-state index in [0.29, 0.717) is 17.6 Å². The van der Waals surface area contributed by atoms with Gasteiger partial charge in [0.25, 0.3) is 10.1 Å². The zero-order valence-electron chi connectivity index (χ0n) is 16.6. The van der Waals surface area contributed by atoms with E-state index in [1.165, 1.54) is 6.07 Å². The van der Waals surface area contributed by atoms with Crippen molar-refractivity contribution >= 4 is 32.3 Å². The van der Waals surface area contributed by atoms with Gasteiger partial charge in [0.05, 0.1) is 0 Å². The quantitative estimate of drug-likeness (QED) is 0.514. The minimum atomic E-state index is -4.33. The van der Waals surface area contributed by atoms with Crippen molar-refractivity contribution in [1.29, 1.82) is 0 Å². The molecule has 28 heavy (non-hydrogen) atoms. The molecule has 3 aromatic carbocycles. The molecule has 0 bridgehead atoms. The predicted molar refractivity (Wildman–Crippen MR) is 116 cm³/mol. The van der Waals surface area contributed by atoms with Crippen molar-refractivity contribution in [2.75, 3.05) is 10.6 Å². The minimum absolute atomic E-state index is 0.0378. The fraction of sp³-hybridized carbons (Fsp3) is 0.273. The Morgan fingerprint density at radius 3 is 2.39 bits per heavy atom. The SMILES string of the molecule is Cc1cc(S(=O)(=O)O)c2c(NCc3cccc(NC(C)(C)C)c3)cccc2c1. The molecule has 0 radical (unpaired) electrons. The van der Waals surface area contributed by atoms with Crippen LogP contribution in [0.2, 0.25) is 0 Å². The summed E-state index contributed by atoms with van der Waals surface area (Å²) >= 11 is 0. The molecule has 0 saturated carbocycles. The molecule has 0 unspecified atom stereocenters. The van der Waals surface area contributed by atoms with Gasteiger partial charge in [-0.05, 0) is 68.5 Å². The van der Waals surface area contributed by atoms with Crippen molar-refractivity contribution in [3.05, 3.63) is 65.7 Å². The number of hydrogen-bond acceptors (Lipinski definition) is 4. The summed E-state index contributed by atoms with van der Waals surface area (Å²) in [5, 5.41) is 8.03. The van der Waals surface area contributed by atoms with Gasteiger partial charge in [-0.15, -0.1) is 0 Å². The lowest BCUT2D eigenvalue weighted by molar-refractivity contribution is 0.484. The minimum Gasteiger partial charge on any atom is -0.380 e. The van der Waals surface area contributed by atoms with E-state index < -0.39 is 10.1 Å². The van der Waals surface area contributed by atoms with Crippen LogP contribution in [-0.4, -0.2) is 18.5 Å². The highest BCUT2D eigenvalue weighted by molar-refractivity contribution is 7.86. The fourth-order valence-electron chi connectivity index (χ4n) is 3.27. The van der Waals surface area contributed by atoms with Gasteiger partial charge < -0.3 is 10.6 Å². The molecule has 0 spiro atoms.